The van der Waals surface area contributed by atoms with E-state index < -0.39 is 0 Å². The molecule has 1 N–H and O–H groups in total. The molecular weight excluding hydrogens is 324 g/mol. The van der Waals surface area contributed by atoms with E-state index in [9.17, 15) is 4.79 Å². The van der Waals surface area contributed by atoms with E-state index in [1.807, 2.05) is 60.3 Å². The van der Waals surface area contributed by atoms with E-state index >= 15 is 0 Å². The Morgan fingerprint density at radius 3 is 2.67 bits per heavy atom. The number of carbonyl (C=O) groups excluding carboxylic acids is 1. The molecule has 24 heavy (non-hydrogen) atoms. The lowest BCUT2D eigenvalue weighted by molar-refractivity contribution is -0.111. The standard InChI is InChI=1S/C18H17ClN4O/c1-13-16(18(19)22(2)21-13)8-9-17(24)20-14-6-5-7-15(12-14)23-10-3-4-11-23/h3-12H,1-2H3,(H,20,24)/b9-8+. The van der Waals surface area contributed by atoms with Gasteiger partial charge in [-0.15, -0.1) is 0 Å². The molecule has 5 nitrogen and oxygen atoms in total. The summed E-state index contributed by atoms with van der Waals surface area (Å²) in [6, 6.07) is 11.5. The summed E-state index contributed by atoms with van der Waals surface area (Å²) in [5.41, 5.74) is 3.23. The maximum atomic E-state index is 12.1. The maximum Gasteiger partial charge on any atom is 0.248 e. The molecule has 2 heterocycles. The Morgan fingerprint density at radius 1 is 1.25 bits per heavy atom. The predicted molar refractivity (Wildman–Crippen MR) is 96.4 cm³/mol. The largest absolute Gasteiger partial charge is 0.324 e. The Labute approximate surface area is 145 Å². The van der Waals surface area contributed by atoms with Gasteiger partial charge in [0.1, 0.15) is 5.15 Å². The molecule has 0 saturated carbocycles. The van der Waals surface area contributed by atoms with Crippen molar-refractivity contribution in [2.24, 2.45) is 7.05 Å². The van der Waals surface area contributed by atoms with Crippen LogP contribution in [-0.2, 0) is 11.8 Å². The van der Waals surface area contributed by atoms with Crippen molar-refractivity contribution < 1.29 is 4.79 Å². The molecule has 0 atom stereocenters. The zero-order valence-corrected chi connectivity index (χ0v) is 14.2. The second kappa shape index (κ2) is 6.76. The van der Waals surface area contributed by atoms with Crippen LogP contribution >= 0.6 is 11.6 Å². The zero-order valence-electron chi connectivity index (χ0n) is 13.4. The summed E-state index contributed by atoms with van der Waals surface area (Å²) in [6.07, 6.45) is 7.04. The average Bonchev–Trinajstić information content (AvgIpc) is 3.16. The van der Waals surface area contributed by atoms with E-state index in [2.05, 4.69) is 10.4 Å². The number of nitrogens with zero attached hydrogens (tertiary/aromatic N) is 3. The van der Waals surface area contributed by atoms with E-state index in [0.29, 0.717) is 5.15 Å². The quantitative estimate of drug-likeness (QED) is 0.734. The maximum absolute atomic E-state index is 12.1. The van der Waals surface area contributed by atoms with Crippen LogP contribution < -0.4 is 5.32 Å². The lowest BCUT2D eigenvalue weighted by Crippen LogP contribution is -2.08. The van der Waals surface area contributed by atoms with Gasteiger partial charge in [0.15, 0.2) is 0 Å². The number of carbonyl (C=O) groups is 1. The van der Waals surface area contributed by atoms with Gasteiger partial charge in [0.2, 0.25) is 5.91 Å². The van der Waals surface area contributed by atoms with Crippen LogP contribution in [0.25, 0.3) is 11.8 Å². The van der Waals surface area contributed by atoms with E-state index in [-0.39, 0.29) is 5.91 Å². The Morgan fingerprint density at radius 2 is 2.00 bits per heavy atom. The van der Waals surface area contributed by atoms with Gasteiger partial charge in [-0.3, -0.25) is 9.48 Å². The van der Waals surface area contributed by atoms with Crippen molar-refractivity contribution in [1.29, 1.82) is 0 Å². The molecule has 1 amide bonds. The van der Waals surface area contributed by atoms with Crippen LogP contribution in [-0.4, -0.2) is 20.3 Å². The summed E-state index contributed by atoms with van der Waals surface area (Å²) in [5, 5.41) is 7.57. The fourth-order valence-corrected chi connectivity index (χ4v) is 2.67. The highest BCUT2D eigenvalue weighted by Crippen LogP contribution is 2.20. The molecule has 122 valence electrons. The number of aromatic nitrogens is 3. The average molecular weight is 341 g/mol. The molecule has 3 aromatic rings. The Bertz CT molecular complexity index is 894. The third kappa shape index (κ3) is 3.41. The van der Waals surface area contributed by atoms with Crippen molar-refractivity contribution in [3.8, 4) is 5.69 Å². The summed E-state index contributed by atoms with van der Waals surface area (Å²) in [4.78, 5) is 12.1. The van der Waals surface area contributed by atoms with Crippen molar-refractivity contribution >= 4 is 29.3 Å². The van der Waals surface area contributed by atoms with E-state index in [4.69, 9.17) is 11.6 Å². The van der Waals surface area contributed by atoms with Crippen LogP contribution in [0, 0.1) is 6.92 Å². The van der Waals surface area contributed by atoms with Gasteiger partial charge in [0, 0.05) is 42.5 Å². The Kier molecular flexibility index (Phi) is 4.53. The molecule has 3 rings (SSSR count). The SMILES string of the molecule is Cc1nn(C)c(Cl)c1/C=C/C(=O)Nc1cccc(-n2cccc2)c1. The lowest BCUT2D eigenvalue weighted by atomic mass is 10.2. The molecule has 1 aromatic carbocycles. The van der Waals surface area contributed by atoms with Crippen molar-refractivity contribution in [1.82, 2.24) is 14.3 Å². The monoisotopic (exact) mass is 340 g/mol. The summed E-state index contributed by atoms with van der Waals surface area (Å²) < 4.78 is 3.55. The molecular formula is C18H17ClN4O. The van der Waals surface area contributed by atoms with Gasteiger partial charge in [-0.25, -0.2) is 0 Å². The van der Waals surface area contributed by atoms with Gasteiger partial charge in [-0.1, -0.05) is 17.7 Å². The number of hydrogen-bond donors (Lipinski definition) is 1. The van der Waals surface area contributed by atoms with Gasteiger partial charge in [0.25, 0.3) is 0 Å². The van der Waals surface area contributed by atoms with Crippen molar-refractivity contribution in [2.45, 2.75) is 6.92 Å². The minimum Gasteiger partial charge on any atom is -0.324 e. The van der Waals surface area contributed by atoms with Gasteiger partial charge < -0.3 is 9.88 Å². The van der Waals surface area contributed by atoms with Gasteiger partial charge in [-0.05, 0) is 43.3 Å². The first kappa shape index (κ1) is 16.1. The summed E-state index contributed by atoms with van der Waals surface area (Å²) >= 11 is 6.15. The highest BCUT2D eigenvalue weighted by atomic mass is 35.5. The molecule has 0 radical (unpaired) electrons. The fourth-order valence-electron chi connectivity index (χ4n) is 2.43. The number of nitrogens with one attached hydrogen (secondary N) is 1. The van der Waals surface area contributed by atoms with E-state index in [0.717, 1.165) is 22.6 Å². The predicted octanol–water partition coefficient (Wildman–Crippen LogP) is 3.82. The highest BCUT2D eigenvalue weighted by Gasteiger charge is 2.08. The third-order valence-corrected chi connectivity index (χ3v) is 4.06. The van der Waals surface area contributed by atoms with E-state index in [1.54, 1.807) is 17.8 Å². The second-order valence-electron chi connectivity index (χ2n) is 5.38. The summed E-state index contributed by atoms with van der Waals surface area (Å²) in [6.45, 7) is 1.85. The number of aryl methyl sites for hydroxylation is 2. The van der Waals surface area contributed by atoms with Crippen LogP contribution in [0.5, 0.6) is 0 Å². The van der Waals surface area contributed by atoms with Gasteiger partial charge >= 0.3 is 0 Å². The molecule has 0 bridgehead atoms. The van der Waals surface area contributed by atoms with E-state index in [1.165, 1.54) is 6.08 Å². The summed E-state index contributed by atoms with van der Waals surface area (Å²) in [5.74, 6) is -0.223. The lowest BCUT2D eigenvalue weighted by Gasteiger charge is -2.06. The van der Waals surface area contributed by atoms with Gasteiger partial charge in [0.05, 0.1) is 5.69 Å². The van der Waals surface area contributed by atoms with Crippen molar-refractivity contribution in [3.05, 3.63) is 71.3 Å². The molecule has 0 aliphatic heterocycles. The smallest absolute Gasteiger partial charge is 0.248 e. The molecule has 2 aromatic heterocycles. The van der Waals surface area contributed by atoms with Crippen LogP contribution in [0.2, 0.25) is 5.15 Å². The molecule has 0 fully saturated rings. The van der Waals surface area contributed by atoms with Crippen molar-refractivity contribution in [2.75, 3.05) is 5.32 Å². The number of hydrogen-bond acceptors (Lipinski definition) is 2. The molecule has 6 heteroatoms. The molecule has 0 aliphatic rings. The fraction of sp³-hybridized carbons (Fsp3) is 0.111. The van der Waals surface area contributed by atoms with Crippen LogP contribution in [0.1, 0.15) is 11.3 Å². The third-order valence-electron chi connectivity index (χ3n) is 3.61. The molecule has 0 unspecified atom stereocenters. The highest BCUT2D eigenvalue weighted by molar-refractivity contribution is 6.31. The van der Waals surface area contributed by atoms with Crippen LogP contribution in [0.4, 0.5) is 5.69 Å². The summed E-state index contributed by atoms with van der Waals surface area (Å²) in [7, 11) is 1.76. The topological polar surface area (TPSA) is 51.9 Å². The Hall–Kier alpha value is -2.79. The molecule has 0 aliphatic carbocycles. The first-order valence-electron chi connectivity index (χ1n) is 7.46. The normalized spacial score (nSPS) is 11.1. The zero-order chi connectivity index (χ0) is 17.1. The number of benzene rings is 1. The van der Waals surface area contributed by atoms with Crippen LogP contribution in [0.3, 0.4) is 0 Å². The number of rotatable bonds is 4. The first-order chi connectivity index (χ1) is 11.5. The molecule has 0 saturated heterocycles. The number of halogens is 1. The number of anilines is 1. The second-order valence-corrected chi connectivity index (χ2v) is 5.73. The number of amides is 1. The first-order valence-corrected chi connectivity index (χ1v) is 7.84. The van der Waals surface area contributed by atoms with Crippen molar-refractivity contribution in [3.63, 3.8) is 0 Å². The molecule has 0 spiro atoms. The minimum atomic E-state index is -0.223. The Balaban J connectivity index is 1.73. The van der Waals surface area contributed by atoms with Crippen LogP contribution in [0.15, 0.2) is 54.9 Å². The van der Waals surface area contributed by atoms with Gasteiger partial charge in [-0.2, -0.15) is 5.10 Å². The minimum absolute atomic E-state index is 0.223.